The van der Waals surface area contributed by atoms with Crippen molar-refractivity contribution in [2.75, 3.05) is 18.4 Å². The number of fused-ring (bicyclic) bond motifs is 1. The van der Waals surface area contributed by atoms with Gasteiger partial charge in [-0.15, -0.1) is 5.10 Å². The maximum absolute atomic E-state index is 12.0. The second kappa shape index (κ2) is 7.79. The van der Waals surface area contributed by atoms with E-state index >= 15 is 0 Å². The van der Waals surface area contributed by atoms with Gasteiger partial charge in [-0.3, -0.25) is 15.0 Å². The number of hydrogen-bond donors (Lipinski definition) is 3. The van der Waals surface area contributed by atoms with Crippen LogP contribution in [0.2, 0.25) is 0 Å². The smallest absolute Gasteiger partial charge is 0.249 e. The zero-order valence-corrected chi connectivity index (χ0v) is 16.6. The van der Waals surface area contributed by atoms with Gasteiger partial charge in [-0.25, -0.2) is 4.52 Å². The summed E-state index contributed by atoms with van der Waals surface area (Å²) in [5.74, 6) is 0.396. The first-order chi connectivity index (χ1) is 14.6. The number of benzene rings is 1. The highest BCUT2D eigenvalue weighted by atomic mass is 16.3. The molecule has 1 aliphatic carbocycles. The van der Waals surface area contributed by atoms with Gasteiger partial charge in [-0.1, -0.05) is 30.3 Å². The summed E-state index contributed by atoms with van der Waals surface area (Å²) in [4.78, 5) is 18.4. The van der Waals surface area contributed by atoms with Gasteiger partial charge in [0.25, 0.3) is 0 Å². The Labute approximate surface area is 174 Å². The average Bonchev–Trinajstić information content (AvgIpc) is 3.54. The molecule has 30 heavy (non-hydrogen) atoms. The maximum Gasteiger partial charge on any atom is 0.249 e. The standard InChI is InChI=1S/C22H25N5O3/c28-17-10-12-26(13-11-17)21(30)16-8-4-14(5-9-16)18-2-1-3-19-23-22(25-27(18)19)24-20(29)15-6-7-15/h1-5,8-9,15,17,21,28,30H,6-7,10-13H2,(H,24,25,29). The third-order valence-electron chi connectivity index (χ3n) is 5.89. The number of aliphatic hydroxyl groups is 2. The number of hydrogen-bond acceptors (Lipinski definition) is 6. The minimum atomic E-state index is -0.682. The average molecular weight is 407 g/mol. The molecule has 0 bridgehead atoms. The Kier molecular flexibility index (Phi) is 4.98. The second-order valence-electron chi connectivity index (χ2n) is 8.14. The molecular formula is C22H25N5O3. The van der Waals surface area contributed by atoms with Crippen LogP contribution in [0.4, 0.5) is 5.95 Å². The summed E-state index contributed by atoms with van der Waals surface area (Å²) in [6.07, 6.45) is 2.28. The molecule has 1 aliphatic heterocycles. The fourth-order valence-corrected chi connectivity index (χ4v) is 3.90. The number of aliphatic hydroxyl groups excluding tert-OH is 2. The number of rotatable bonds is 5. The lowest BCUT2D eigenvalue weighted by molar-refractivity contribution is -0.117. The highest BCUT2D eigenvalue weighted by molar-refractivity contribution is 5.92. The highest BCUT2D eigenvalue weighted by Crippen LogP contribution is 2.30. The minimum Gasteiger partial charge on any atom is -0.393 e. The molecule has 156 valence electrons. The lowest BCUT2D eigenvalue weighted by Crippen LogP contribution is -2.38. The van der Waals surface area contributed by atoms with Crippen molar-refractivity contribution in [3.8, 4) is 11.3 Å². The molecule has 1 amide bonds. The van der Waals surface area contributed by atoms with E-state index < -0.39 is 6.23 Å². The number of anilines is 1. The molecule has 1 aromatic carbocycles. The molecule has 5 rings (SSSR count). The van der Waals surface area contributed by atoms with Crippen LogP contribution in [0, 0.1) is 5.92 Å². The summed E-state index contributed by atoms with van der Waals surface area (Å²) in [5.41, 5.74) is 3.28. The molecule has 1 atom stereocenters. The Hall–Kier alpha value is -2.81. The molecule has 3 aromatic rings. The van der Waals surface area contributed by atoms with Crippen LogP contribution < -0.4 is 5.32 Å². The van der Waals surface area contributed by atoms with Crippen LogP contribution >= 0.6 is 0 Å². The summed E-state index contributed by atoms with van der Waals surface area (Å²) < 4.78 is 1.72. The first kappa shape index (κ1) is 19.2. The highest BCUT2D eigenvalue weighted by Gasteiger charge is 2.30. The number of nitrogens with one attached hydrogen (secondary N) is 1. The second-order valence-corrected chi connectivity index (χ2v) is 8.14. The van der Waals surface area contributed by atoms with Crippen molar-refractivity contribution in [3.63, 3.8) is 0 Å². The normalized spacial score (nSPS) is 19.1. The van der Waals surface area contributed by atoms with Gasteiger partial charge in [0.05, 0.1) is 11.8 Å². The van der Waals surface area contributed by atoms with Crippen molar-refractivity contribution < 1.29 is 15.0 Å². The molecule has 0 radical (unpaired) electrons. The molecular weight excluding hydrogens is 382 g/mol. The van der Waals surface area contributed by atoms with Crippen molar-refractivity contribution >= 4 is 17.5 Å². The lowest BCUT2D eigenvalue weighted by atomic mass is 10.0. The van der Waals surface area contributed by atoms with Crippen LogP contribution in [0.25, 0.3) is 16.9 Å². The SMILES string of the molecule is O=C(Nc1nc2cccc(-c3ccc(C(O)N4CCC(O)CC4)cc3)n2n1)C1CC1. The van der Waals surface area contributed by atoms with E-state index in [0.717, 1.165) is 29.7 Å². The van der Waals surface area contributed by atoms with Gasteiger partial charge in [-0.2, -0.15) is 4.98 Å². The molecule has 2 aliphatic rings. The molecule has 1 unspecified atom stereocenters. The third kappa shape index (κ3) is 3.81. The first-order valence-corrected chi connectivity index (χ1v) is 10.5. The Balaban J connectivity index is 1.37. The van der Waals surface area contributed by atoms with Gasteiger partial charge < -0.3 is 10.2 Å². The van der Waals surface area contributed by atoms with Crippen LogP contribution in [-0.4, -0.2) is 54.8 Å². The van der Waals surface area contributed by atoms with E-state index in [1.165, 1.54) is 0 Å². The Morgan fingerprint density at radius 2 is 1.80 bits per heavy atom. The van der Waals surface area contributed by atoms with Crippen LogP contribution in [0.1, 0.15) is 37.5 Å². The number of piperidine rings is 1. The molecule has 3 N–H and O–H groups in total. The predicted molar refractivity (Wildman–Crippen MR) is 112 cm³/mol. The monoisotopic (exact) mass is 407 g/mol. The number of nitrogens with zero attached hydrogens (tertiary/aromatic N) is 4. The lowest BCUT2D eigenvalue weighted by Gasteiger charge is -2.33. The van der Waals surface area contributed by atoms with E-state index in [-0.39, 0.29) is 17.9 Å². The van der Waals surface area contributed by atoms with Crippen molar-refractivity contribution in [3.05, 3.63) is 48.0 Å². The van der Waals surface area contributed by atoms with Crippen molar-refractivity contribution in [1.29, 1.82) is 0 Å². The van der Waals surface area contributed by atoms with E-state index in [2.05, 4.69) is 15.4 Å². The van der Waals surface area contributed by atoms with Crippen molar-refractivity contribution in [1.82, 2.24) is 19.5 Å². The molecule has 1 saturated carbocycles. The van der Waals surface area contributed by atoms with Gasteiger partial charge >= 0.3 is 0 Å². The minimum absolute atomic E-state index is 0.0176. The molecule has 8 heteroatoms. The number of likely N-dealkylation sites (tertiary alicyclic amines) is 1. The maximum atomic E-state index is 12.0. The van der Waals surface area contributed by atoms with E-state index in [4.69, 9.17) is 0 Å². The van der Waals surface area contributed by atoms with E-state index in [0.29, 0.717) is 37.5 Å². The Bertz CT molecular complexity index is 1050. The number of pyridine rings is 1. The topological polar surface area (TPSA) is 103 Å². The van der Waals surface area contributed by atoms with Gasteiger partial charge in [-0.05, 0) is 43.4 Å². The quantitative estimate of drug-likeness (QED) is 0.599. The molecule has 2 fully saturated rings. The molecule has 2 aromatic heterocycles. The van der Waals surface area contributed by atoms with Gasteiger partial charge in [0.15, 0.2) is 5.65 Å². The van der Waals surface area contributed by atoms with Crippen LogP contribution in [0.5, 0.6) is 0 Å². The number of carbonyl (C=O) groups excluding carboxylic acids is 1. The molecule has 0 spiro atoms. The molecule has 8 nitrogen and oxygen atoms in total. The Morgan fingerprint density at radius 3 is 2.50 bits per heavy atom. The summed E-state index contributed by atoms with van der Waals surface area (Å²) in [6.45, 7) is 1.36. The fourth-order valence-electron chi connectivity index (χ4n) is 3.90. The summed E-state index contributed by atoms with van der Waals surface area (Å²) in [6, 6.07) is 13.4. The Morgan fingerprint density at radius 1 is 1.07 bits per heavy atom. The zero-order valence-electron chi connectivity index (χ0n) is 16.6. The first-order valence-electron chi connectivity index (χ1n) is 10.5. The molecule has 1 saturated heterocycles. The molecule has 3 heterocycles. The number of aromatic nitrogens is 3. The van der Waals surface area contributed by atoms with Crippen LogP contribution in [0.3, 0.4) is 0 Å². The summed E-state index contributed by atoms with van der Waals surface area (Å²) in [5, 5.41) is 27.6. The number of amides is 1. The van der Waals surface area contributed by atoms with Crippen molar-refractivity contribution in [2.24, 2.45) is 5.92 Å². The van der Waals surface area contributed by atoms with E-state index in [1.807, 2.05) is 47.4 Å². The van der Waals surface area contributed by atoms with Crippen LogP contribution in [0.15, 0.2) is 42.5 Å². The van der Waals surface area contributed by atoms with E-state index in [9.17, 15) is 15.0 Å². The van der Waals surface area contributed by atoms with Gasteiger partial charge in [0.2, 0.25) is 11.9 Å². The largest absolute Gasteiger partial charge is 0.393 e. The van der Waals surface area contributed by atoms with Crippen molar-refractivity contribution in [2.45, 2.75) is 38.0 Å². The zero-order chi connectivity index (χ0) is 20.7. The third-order valence-corrected chi connectivity index (χ3v) is 5.89. The van der Waals surface area contributed by atoms with E-state index in [1.54, 1.807) is 4.52 Å². The van der Waals surface area contributed by atoms with Crippen LogP contribution in [-0.2, 0) is 4.79 Å². The summed E-state index contributed by atoms with van der Waals surface area (Å²) >= 11 is 0. The fraction of sp³-hybridized carbons (Fsp3) is 0.409. The predicted octanol–water partition coefficient (Wildman–Crippen LogP) is 2.19. The van der Waals surface area contributed by atoms with Gasteiger partial charge in [0, 0.05) is 24.6 Å². The summed E-state index contributed by atoms with van der Waals surface area (Å²) in [7, 11) is 0. The van der Waals surface area contributed by atoms with Gasteiger partial charge in [0.1, 0.15) is 6.23 Å². The number of carbonyl (C=O) groups is 1.